The van der Waals surface area contributed by atoms with Crippen LogP contribution < -0.4 is 0 Å². The first-order valence-corrected chi connectivity index (χ1v) is 7.33. The predicted molar refractivity (Wildman–Crippen MR) is 75.1 cm³/mol. The molecule has 2 saturated heterocycles. The average molecular weight is 261 g/mol. The molecule has 0 amide bonds. The third kappa shape index (κ3) is 3.16. The Kier molecular flexibility index (Phi) is 3.87. The number of nitrogens with zero attached hydrogens (tertiary/aromatic N) is 1. The molecule has 2 bridgehead atoms. The fourth-order valence-electron chi connectivity index (χ4n) is 3.14. The topological polar surface area (TPSA) is 32.7 Å². The van der Waals surface area contributed by atoms with E-state index in [1.807, 2.05) is 12.1 Å². The Morgan fingerprint density at radius 1 is 1.21 bits per heavy atom. The number of benzene rings is 1. The number of ether oxygens (including phenoxy) is 1. The maximum atomic E-state index is 10.2. The molecule has 0 radical (unpaired) electrons. The van der Waals surface area contributed by atoms with Crippen LogP contribution in [0, 0.1) is 6.92 Å². The standard InChI is InChI=1S/C16H23NO2/c1-12-2-4-13(5-3-12)16(18)8-9-17-10-14-6-7-15(11-17)19-14/h2-5,14-16,18H,6-11H2,1H3. The highest BCUT2D eigenvalue weighted by molar-refractivity contribution is 5.23. The summed E-state index contributed by atoms with van der Waals surface area (Å²) in [7, 11) is 0. The van der Waals surface area contributed by atoms with Gasteiger partial charge in [0, 0.05) is 19.6 Å². The van der Waals surface area contributed by atoms with Gasteiger partial charge in [-0.2, -0.15) is 0 Å². The van der Waals surface area contributed by atoms with Crippen LogP contribution in [-0.4, -0.2) is 41.8 Å². The van der Waals surface area contributed by atoms with E-state index in [1.54, 1.807) is 0 Å². The number of aliphatic hydroxyl groups is 1. The molecular formula is C16H23NO2. The van der Waals surface area contributed by atoms with Gasteiger partial charge in [0.2, 0.25) is 0 Å². The zero-order chi connectivity index (χ0) is 13.2. The van der Waals surface area contributed by atoms with Crippen molar-refractivity contribution in [2.24, 2.45) is 0 Å². The van der Waals surface area contributed by atoms with Gasteiger partial charge in [-0.15, -0.1) is 0 Å². The molecule has 1 aromatic rings. The smallest absolute Gasteiger partial charge is 0.0802 e. The van der Waals surface area contributed by atoms with Crippen molar-refractivity contribution in [1.82, 2.24) is 4.90 Å². The second kappa shape index (κ2) is 5.61. The first kappa shape index (κ1) is 13.1. The molecule has 3 rings (SSSR count). The van der Waals surface area contributed by atoms with E-state index in [2.05, 4.69) is 24.0 Å². The first-order valence-electron chi connectivity index (χ1n) is 7.33. The molecule has 0 aromatic heterocycles. The summed E-state index contributed by atoms with van der Waals surface area (Å²) in [5.41, 5.74) is 2.27. The van der Waals surface area contributed by atoms with Crippen molar-refractivity contribution >= 4 is 0 Å². The Morgan fingerprint density at radius 2 is 1.84 bits per heavy atom. The highest BCUT2D eigenvalue weighted by Gasteiger charge is 2.33. The fourth-order valence-corrected chi connectivity index (χ4v) is 3.14. The van der Waals surface area contributed by atoms with Crippen LogP contribution in [0.1, 0.15) is 36.5 Å². The van der Waals surface area contributed by atoms with Gasteiger partial charge in [-0.1, -0.05) is 29.8 Å². The van der Waals surface area contributed by atoms with E-state index < -0.39 is 0 Å². The fraction of sp³-hybridized carbons (Fsp3) is 0.625. The normalized spacial score (nSPS) is 28.5. The Balaban J connectivity index is 1.50. The van der Waals surface area contributed by atoms with E-state index in [9.17, 15) is 5.11 Å². The molecule has 0 aliphatic carbocycles. The molecule has 2 heterocycles. The van der Waals surface area contributed by atoms with Gasteiger partial charge < -0.3 is 9.84 Å². The molecule has 0 spiro atoms. The van der Waals surface area contributed by atoms with E-state index in [-0.39, 0.29) is 6.10 Å². The maximum absolute atomic E-state index is 10.2. The van der Waals surface area contributed by atoms with Gasteiger partial charge in [-0.3, -0.25) is 4.90 Å². The molecule has 104 valence electrons. The number of aliphatic hydroxyl groups excluding tert-OH is 1. The molecule has 2 aliphatic heterocycles. The molecule has 0 saturated carbocycles. The average Bonchev–Trinajstić information content (AvgIpc) is 2.76. The van der Waals surface area contributed by atoms with Gasteiger partial charge in [-0.25, -0.2) is 0 Å². The summed E-state index contributed by atoms with van der Waals surface area (Å²) >= 11 is 0. The summed E-state index contributed by atoms with van der Waals surface area (Å²) < 4.78 is 5.83. The van der Waals surface area contributed by atoms with E-state index in [1.165, 1.54) is 18.4 Å². The number of aryl methyl sites for hydroxylation is 1. The van der Waals surface area contributed by atoms with Crippen molar-refractivity contribution in [2.45, 2.75) is 44.5 Å². The quantitative estimate of drug-likeness (QED) is 0.902. The van der Waals surface area contributed by atoms with Crippen LogP contribution in [0.4, 0.5) is 0 Å². The van der Waals surface area contributed by atoms with Gasteiger partial charge in [0.1, 0.15) is 0 Å². The minimum absolute atomic E-state index is 0.346. The van der Waals surface area contributed by atoms with Crippen LogP contribution in [0.25, 0.3) is 0 Å². The van der Waals surface area contributed by atoms with E-state index >= 15 is 0 Å². The molecule has 3 heteroatoms. The van der Waals surface area contributed by atoms with Crippen molar-refractivity contribution in [3.63, 3.8) is 0 Å². The van der Waals surface area contributed by atoms with Crippen LogP contribution in [0.15, 0.2) is 24.3 Å². The number of fused-ring (bicyclic) bond motifs is 2. The summed E-state index contributed by atoms with van der Waals surface area (Å²) in [6.07, 6.45) is 3.76. The SMILES string of the molecule is Cc1ccc(C(O)CCN2CC3CCC(C2)O3)cc1. The Morgan fingerprint density at radius 3 is 2.47 bits per heavy atom. The van der Waals surface area contributed by atoms with Crippen LogP contribution >= 0.6 is 0 Å². The molecule has 1 aromatic carbocycles. The van der Waals surface area contributed by atoms with Gasteiger partial charge in [0.15, 0.2) is 0 Å². The molecule has 3 atom stereocenters. The lowest BCUT2D eigenvalue weighted by atomic mass is 10.0. The van der Waals surface area contributed by atoms with Crippen LogP contribution in [0.2, 0.25) is 0 Å². The molecule has 3 unspecified atom stereocenters. The summed E-state index contributed by atoms with van der Waals surface area (Å²) in [4.78, 5) is 2.45. The second-order valence-corrected chi connectivity index (χ2v) is 5.93. The van der Waals surface area contributed by atoms with Crippen LogP contribution in [-0.2, 0) is 4.74 Å². The van der Waals surface area contributed by atoms with E-state index in [0.29, 0.717) is 12.2 Å². The predicted octanol–water partition coefficient (Wildman–Crippen LogP) is 2.28. The Labute approximate surface area is 115 Å². The van der Waals surface area contributed by atoms with E-state index in [4.69, 9.17) is 4.74 Å². The molecule has 19 heavy (non-hydrogen) atoms. The van der Waals surface area contributed by atoms with Crippen molar-refractivity contribution in [1.29, 1.82) is 0 Å². The van der Waals surface area contributed by atoms with Crippen molar-refractivity contribution in [3.8, 4) is 0 Å². The molecule has 1 N–H and O–H groups in total. The summed E-state index contributed by atoms with van der Waals surface area (Å²) in [5, 5.41) is 10.2. The van der Waals surface area contributed by atoms with Gasteiger partial charge >= 0.3 is 0 Å². The third-order valence-electron chi connectivity index (χ3n) is 4.30. The molecule has 3 nitrogen and oxygen atoms in total. The summed E-state index contributed by atoms with van der Waals surface area (Å²) in [6.45, 7) is 5.11. The molecule has 2 fully saturated rings. The van der Waals surface area contributed by atoms with Crippen molar-refractivity contribution in [3.05, 3.63) is 35.4 Å². The zero-order valence-electron chi connectivity index (χ0n) is 11.6. The maximum Gasteiger partial charge on any atom is 0.0802 e. The number of morpholine rings is 1. The molecular weight excluding hydrogens is 238 g/mol. The minimum Gasteiger partial charge on any atom is -0.388 e. The third-order valence-corrected chi connectivity index (χ3v) is 4.30. The largest absolute Gasteiger partial charge is 0.388 e. The number of rotatable bonds is 4. The van der Waals surface area contributed by atoms with Crippen LogP contribution in [0.3, 0.4) is 0 Å². The van der Waals surface area contributed by atoms with Crippen LogP contribution in [0.5, 0.6) is 0 Å². The minimum atomic E-state index is -0.346. The Hall–Kier alpha value is -0.900. The zero-order valence-corrected chi connectivity index (χ0v) is 11.6. The number of hydrogen-bond acceptors (Lipinski definition) is 3. The second-order valence-electron chi connectivity index (χ2n) is 5.93. The first-order chi connectivity index (χ1) is 9.20. The summed E-state index contributed by atoms with van der Waals surface area (Å²) in [6, 6.07) is 8.19. The number of likely N-dealkylation sites (tertiary alicyclic amines) is 1. The van der Waals surface area contributed by atoms with Gasteiger partial charge in [0.05, 0.1) is 18.3 Å². The lowest BCUT2D eigenvalue weighted by molar-refractivity contribution is -0.0414. The lowest BCUT2D eigenvalue weighted by Crippen LogP contribution is -2.43. The number of hydrogen-bond donors (Lipinski definition) is 1. The van der Waals surface area contributed by atoms with Crippen molar-refractivity contribution in [2.75, 3.05) is 19.6 Å². The lowest BCUT2D eigenvalue weighted by Gasteiger charge is -2.32. The van der Waals surface area contributed by atoms with Gasteiger partial charge in [-0.05, 0) is 31.7 Å². The van der Waals surface area contributed by atoms with E-state index in [0.717, 1.165) is 31.6 Å². The Bertz CT molecular complexity index is 405. The monoisotopic (exact) mass is 261 g/mol. The summed E-state index contributed by atoms with van der Waals surface area (Å²) in [5.74, 6) is 0. The molecule has 2 aliphatic rings. The highest BCUT2D eigenvalue weighted by atomic mass is 16.5. The highest BCUT2D eigenvalue weighted by Crippen LogP contribution is 2.27. The van der Waals surface area contributed by atoms with Crippen molar-refractivity contribution < 1.29 is 9.84 Å². The van der Waals surface area contributed by atoms with Gasteiger partial charge in [0.25, 0.3) is 0 Å².